The van der Waals surface area contributed by atoms with Crippen LogP contribution in [0.2, 0.25) is 0 Å². The molecule has 68 valence electrons. The van der Waals surface area contributed by atoms with Crippen LogP contribution in [-0.2, 0) is 9.63 Å². The van der Waals surface area contributed by atoms with Crippen molar-refractivity contribution in [2.24, 2.45) is 5.16 Å². The molecule has 0 radical (unpaired) electrons. The molecule has 0 saturated heterocycles. The summed E-state index contributed by atoms with van der Waals surface area (Å²) in [5.74, 6) is -0.243. The second-order valence-corrected chi connectivity index (χ2v) is 2.17. The van der Waals surface area contributed by atoms with Crippen LogP contribution in [-0.4, -0.2) is 25.8 Å². The first kappa shape index (κ1) is 10.7. The van der Waals surface area contributed by atoms with Crippen molar-refractivity contribution in [2.45, 2.75) is 13.8 Å². The minimum Gasteiger partial charge on any atom is -0.398 e. The molecule has 12 heavy (non-hydrogen) atoms. The van der Waals surface area contributed by atoms with E-state index in [-0.39, 0.29) is 5.91 Å². The Morgan fingerprint density at radius 3 is 2.50 bits per heavy atom. The van der Waals surface area contributed by atoms with Crippen LogP contribution in [0, 0.1) is 0 Å². The minimum absolute atomic E-state index is 0.243. The highest BCUT2D eigenvalue weighted by Crippen LogP contribution is 1.97. The van der Waals surface area contributed by atoms with Crippen LogP contribution in [0.3, 0.4) is 0 Å². The second kappa shape index (κ2) is 5.35. The Morgan fingerprint density at radius 1 is 1.58 bits per heavy atom. The monoisotopic (exact) mass is 170 g/mol. The zero-order valence-corrected chi connectivity index (χ0v) is 7.84. The molecule has 1 N–H and O–H groups in total. The van der Waals surface area contributed by atoms with E-state index in [0.29, 0.717) is 5.71 Å². The standard InChI is InChI=1S/C8H14N2O2/c1-5-6(2)7(10-12-4)8(11)9-3/h5H,1-4H3,(H,9,11)/b6-5+,10-7+. The quantitative estimate of drug-likeness (QED) is 0.500. The lowest BCUT2D eigenvalue weighted by Crippen LogP contribution is -2.28. The highest BCUT2D eigenvalue weighted by Gasteiger charge is 2.11. The predicted molar refractivity (Wildman–Crippen MR) is 47.9 cm³/mol. The van der Waals surface area contributed by atoms with E-state index in [0.717, 1.165) is 5.57 Å². The molecule has 0 aliphatic carbocycles. The van der Waals surface area contributed by atoms with Crippen LogP contribution < -0.4 is 5.32 Å². The van der Waals surface area contributed by atoms with Gasteiger partial charge in [-0.1, -0.05) is 11.2 Å². The van der Waals surface area contributed by atoms with Crippen LogP contribution in [0.1, 0.15) is 13.8 Å². The lowest BCUT2D eigenvalue weighted by Gasteiger charge is -2.02. The minimum atomic E-state index is -0.243. The summed E-state index contributed by atoms with van der Waals surface area (Å²) in [6.07, 6.45) is 1.80. The maximum Gasteiger partial charge on any atom is 0.273 e. The number of amides is 1. The van der Waals surface area contributed by atoms with E-state index in [1.54, 1.807) is 20.0 Å². The van der Waals surface area contributed by atoms with E-state index in [2.05, 4.69) is 15.3 Å². The molecule has 0 aliphatic heterocycles. The number of hydrogen-bond acceptors (Lipinski definition) is 3. The van der Waals surface area contributed by atoms with Gasteiger partial charge in [0, 0.05) is 7.05 Å². The SMILES string of the molecule is C/C=C(C)/C(=N\OC)C(=O)NC. The van der Waals surface area contributed by atoms with Gasteiger partial charge in [-0.2, -0.15) is 0 Å². The summed E-state index contributed by atoms with van der Waals surface area (Å²) in [6, 6.07) is 0. The summed E-state index contributed by atoms with van der Waals surface area (Å²) in [6.45, 7) is 3.64. The highest BCUT2D eigenvalue weighted by molar-refractivity contribution is 6.44. The predicted octanol–water partition coefficient (Wildman–Crippen LogP) is 0.701. The molecule has 0 atom stereocenters. The van der Waals surface area contributed by atoms with E-state index in [1.165, 1.54) is 7.11 Å². The number of rotatable bonds is 3. The molecule has 0 rings (SSSR count). The summed E-state index contributed by atoms with van der Waals surface area (Å²) in [4.78, 5) is 15.7. The smallest absolute Gasteiger partial charge is 0.273 e. The second-order valence-electron chi connectivity index (χ2n) is 2.17. The summed E-state index contributed by atoms with van der Waals surface area (Å²) >= 11 is 0. The van der Waals surface area contributed by atoms with E-state index in [4.69, 9.17) is 0 Å². The molecular weight excluding hydrogens is 156 g/mol. The molecule has 0 aromatic rings. The van der Waals surface area contributed by atoms with E-state index < -0.39 is 0 Å². The van der Waals surface area contributed by atoms with Crippen molar-refractivity contribution in [3.8, 4) is 0 Å². The molecule has 0 aliphatic rings. The summed E-state index contributed by atoms with van der Waals surface area (Å²) in [7, 11) is 2.96. The zero-order valence-electron chi connectivity index (χ0n) is 7.84. The van der Waals surface area contributed by atoms with Gasteiger partial charge in [0.15, 0.2) is 5.71 Å². The van der Waals surface area contributed by atoms with Crippen molar-refractivity contribution in [1.82, 2.24) is 5.32 Å². The third kappa shape index (κ3) is 2.74. The zero-order chi connectivity index (χ0) is 9.56. The Hall–Kier alpha value is -1.32. The van der Waals surface area contributed by atoms with Crippen molar-refractivity contribution < 1.29 is 9.63 Å². The fourth-order valence-corrected chi connectivity index (χ4v) is 0.639. The molecule has 0 aromatic heterocycles. The Bertz CT molecular complexity index is 219. The molecule has 4 nitrogen and oxygen atoms in total. The third-order valence-electron chi connectivity index (χ3n) is 1.43. The lowest BCUT2D eigenvalue weighted by molar-refractivity contribution is -0.114. The van der Waals surface area contributed by atoms with Crippen molar-refractivity contribution in [3.05, 3.63) is 11.6 Å². The molecule has 0 heterocycles. The molecule has 0 aromatic carbocycles. The van der Waals surface area contributed by atoms with E-state index in [1.807, 2.05) is 6.92 Å². The van der Waals surface area contributed by atoms with Gasteiger partial charge >= 0.3 is 0 Å². The average molecular weight is 170 g/mol. The Labute approximate surface area is 72.3 Å². The van der Waals surface area contributed by atoms with E-state index in [9.17, 15) is 4.79 Å². The molecule has 0 fully saturated rings. The lowest BCUT2D eigenvalue weighted by atomic mass is 10.1. The van der Waals surface area contributed by atoms with Gasteiger partial charge in [-0.05, 0) is 19.4 Å². The van der Waals surface area contributed by atoms with E-state index >= 15 is 0 Å². The van der Waals surface area contributed by atoms with Crippen molar-refractivity contribution in [1.29, 1.82) is 0 Å². The van der Waals surface area contributed by atoms with Gasteiger partial charge < -0.3 is 10.2 Å². The first-order valence-electron chi connectivity index (χ1n) is 3.63. The number of nitrogens with zero attached hydrogens (tertiary/aromatic N) is 1. The highest BCUT2D eigenvalue weighted by atomic mass is 16.6. The number of carbonyl (C=O) groups is 1. The van der Waals surface area contributed by atoms with Gasteiger partial charge in [-0.15, -0.1) is 0 Å². The fourth-order valence-electron chi connectivity index (χ4n) is 0.639. The maximum atomic E-state index is 11.1. The number of hydrogen-bond donors (Lipinski definition) is 1. The number of allylic oxidation sites excluding steroid dienone is 1. The first-order chi connectivity index (χ1) is 5.67. The van der Waals surface area contributed by atoms with Crippen LogP contribution in [0.25, 0.3) is 0 Å². The van der Waals surface area contributed by atoms with Gasteiger partial charge in [-0.3, -0.25) is 4.79 Å². The van der Waals surface area contributed by atoms with Crippen molar-refractivity contribution >= 4 is 11.6 Å². The average Bonchev–Trinajstić information content (AvgIpc) is 2.11. The number of nitrogens with one attached hydrogen (secondary N) is 1. The van der Waals surface area contributed by atoms with Crippen LogP contribution >= 0.6 is 0 Å². The molecule has 0 unspecified atom stereocenters. The normalized spacial score (nSPS) is 12.7. The van der Waals surface area contributed by atoms with Gasteiger partial charge in [-0.25, -0.2) is 0 Å². The maximum absolute atomic E-state index is 11.1. The first-order valence-corrected chi connectivity index (χ1v) is 3.63. The Kier molecular flexibility index (Phi) is 4.76. The van der Waals surface area contributed by atoms with Crippen LogP contribution in [0.5, 0.6) is 0 Å². The third-order valence-corrected chi connectivity index (χ3v) is 1.43. The van der Waals surface area contributed by atoms with Gasteiger partial charge in [0.1, 0.15) is 7.11 Å². The molecule has 0 bridgehead atoms. The molecule has 0 spiro atoms. The molecule has 0 saturated carbocycles. The van der Waals surface area contributed by atoms with Gasteiger partial charge in [0.25, 0.3) is 5.91 Å². The molecule has 4 heteroatoms. The Balaban J connectivity index is 4.68. The van der Waals surface area contributed by atoms with Crippen molar-refractivity contribution in [3.63, 3.8) is 0 Å². The summed E-state index contributed by atoms with van der Waals surface area (Å²) < 4.78 is 0. The largest absolute Gasteiger partial charge is 0.398 e. The number of oxime groups is 1. The van der Waals surface area contributed by atoms with Gasteiger partial charge in [0.05, 0.1) is 0 Å². The van der Waals surface area contributed by atoms with Crippen molar-refractivity contribution in [2.75, 3.05) is 14.2 Å². The van der Waals surface area contributed by atoms with Gasteiger partial charge in [0.2, 0.25) is 0 Å². The fraction of sp³-hybridized carbons (Fsp3) is 0.500. The summed E-state index contributed by atoms with van der Waals surface area (Å²) in [5, 5.41) is 6.08. The summed E-state index contributed by atoms with van der Waals surface area (Å²) in [5.41, 5.74) is 1.10. The van der Waals surface area contributed by atoms with Crippen LogP contribution in [0.15, 0.2) is 16.8 Å². The number of carbonyl (C=O) groups excluding carboxylic acids is 1. The molecular formula is C8H14N2O2. The molecule has 1 amide bonds. The Morgan fingerprint density at radius 2 is 2.17 bits per heavy atom. The topological polar surface area (TPSA) is 50.7 Å². The van der Waals surface area contributed by atoms with Crippen LogP contribution in [0.4, 0.5) is 0 Å².